The van der Waals surface area contributed by atoms with Crippen LogP contribution in [-0.2, 0) is 4.79 Å². The normalized spacial score (nSPS) is 16.8. The Balaban J connectivity index is 1.68. The van der Waals surface area contributed by atoms with E-state index >= 15 is 0 Å². The fourth-order valence-corrected chi connectivity index (χ4v) is 4.76. The van der Waals surface area contributed by atoms with E-state index in [1.54, 1.807) is 7.11 Å². The number of benzene rings is 1. The lowest BCUT2D eigenvalue weighted by Crippen LogP contribution is -2.45. The average Bonchev–Trinajstić information content (AvgIpc) is 3.18. The van der Waals surface area contributed by atoms with Gasteiger partial charge in [-0.3, -0.25) is 14.6 Å². The van der Waals surface area contributed by atoms with Crippen molar-refractivity contribution in [3.63, 3.8) is 0 Å². The summed E-state index contributed by atoms with van der Waals surface area (Å²) in [5.41, 5.74) is 2.40. The van der Waals surface area contributed by atoms with Gasteiger partial charge < -0.3 is 15.0 Å². The number of H-pyrrole nitrogens is 1. The number of hydrogen-bond acceptors (Lipinski definition) is 6. The molecule has 1 saturated heterocycles. The van der Waals surface area contributed by atoms with Crippen molar-refractivity contribution in [2.75, 3.05) is 25.1 Å². The highest BCUT2D eigenvalue weighted by atomic mass is 32.1. The summed E-state index contributed by atoms with van der Waals surface area (Å²) in [6.45, 7) is 5.23. The van der Waals surface area contributed by atoms with Gasteiger partial charge in [0.15, 0.2) is 0 Å². The van der Waals surface area contributed by atoms with Crippen molar-refractivity contribution in [3.05, 3.63) is 40.0 Å². The molecule has 1 aliphatic heterocycles. The van der Waals surface area contributed by atoms with Crippen LogP contribution in [0.4, 0.5) is 5.95 Å². The van der Waals surface area contributed by atoms with Gasteiger partial charge in [0, 0.05) is 30.1 Å². The molecule has 1 unspecified atom stereocenters. The van der Waals surface area contributed by atoms with Gasteiger partial charge >= 0.3 is 0 Å². The molecule has 0 saturated carbocycles. The Kier molecular flexibility index (Phi) is 5.76. The van der Waals surface area contributed by atoms with Gasteiger partial charge in [-0.15, -0.1) is 11.3 Å². The number of rotatable bonds is 5. The number of nitrogens with zero attached hydrogens (tertiary/aromatic N) is 2. The molecule has 0 spiro atoms. The maximum Gasteiger partial charge on any atom is 0.270 e. The third kappa shape index (κ3) is 4.05. The summed E-state index contributed by atoms with van der Waals surface area (Å²) in [6, 6.07) is 7.85. The maximum atomic E-state index is 12.8. The zero-order chi connectivity index (χ0) is 21.3. The molecule has 3 heterocycles. The number of fused-ring (bicyclic) bond motifs is 1. The SMILES string of the molecule is COc1cccc(-c2csc3c(=O)[nH]c(N4CCCC(C(=O)NC(C)C)C4)nc23)c1. The standard InChI is InChI=1S/C22H26N4O3S/c1-13(2)23-20(27)15-7-5-9-26(11-15)22-24-18-17(12-30-19(18)21(28)25-22)14-6-4-8-16(10-14)29-3/h4,6,8,10,12-13,15H,5,7,9,11H2,1-3H3,(H,23,27)(H,24,25,28). The lowest BCUT2D eigenvalue weighted by atomic mass is 9.97. The second-order valence-corrected chi connectivity index (χ2v) is 8.78. The van der Waals surface area contributed by atoms with E-state index < -0.39 is 0 Å². The summed E-state index contributed by atoms with van der Waals surface area (Å²) < 4.78 is 5.94. The van der Waals surface area contributed by atoms with Crippen molar-refractivity contribution < 1.29 is 9.53 Å². The van der Waals surface area contributed by atoms with Crippen LogP contribution in [0.3, 0.4) is 0 Å². The van der Waals surface area contributed by atoms with E-state index in [-0.39, 0.29) is 23.4 Å². The summed E-state index contributed by atoms with van der Waals surface area (Å²) in [6.07, 6.45) is 1.72. The number of thiophene rings is 1. The fourth-order valence-electron chi connectivity index (χ4n) is 3.85. The predicted molar refractivity (Wildman–Crippen MR) is 120 cm³/mol. The average molecular weight is 427 g/mol. The summed E-state index contributed by atoms with van der Waals surface area (Å²) in [4.78, 5) is 35.0. The Morgan fingerprint density at radius 1 is 1.40 bits per heavy atom. The zero-order valence-corrected chi connectivity index (χ0v) is 18.2. The van der Waals surface area contributed by atoms with Crippen LogP contribution >= 0.6 is 11.3 Å². The minimum atomic E-state index is -0.150. The molecule has 3 aromatic rings. The third-order valence-electron chi connectivity index (χ3n) is 5.32. The van der Waals surface area contributed by atoms with Crippen LogP contribution in [0.15, 0.2) is 34.4 Å². The first-order valence-corrected chi connectivity index (χ1v) is 11.1. The number of hydrogen-bond donors (Lipinski definition) is 2. The van der Waals surface area contributed by atoms with Crippen LogP contribution in [0.1, 0.15) is 26.7 Å². The van der Waals surface area contributed by atoms with Crippen LogP contribution in [0.5, 0.6) is 5.75 Å². The largest absolute Gasteiger partial charge is 0.497 e. The number of anilines is 1. The number of methoxy groups -OCH3 is 1. The molecule has 7 nitrogen and oxygen atoms in total. The van der Waals surface area contributed by atoms with E-state index in [0.717, 1.165) is 36.3 Å². The first-order valence-electron chi connectivity index (χ1n) is 10.2. The molecule has 4 rings (SSSR count). The Labute approximate surface area is 179 Å². The second kappa shape index (κ2) is 8.47. The van der Waals surface area contributed by atoms with Gasteiger partial charge in [-0.2, -0.15) is 0 Å². The fraction of sp³-hybridized carbons (Fsp3) is 0.409. The van der Waals surface area contributed by atoms with Crippen molar-refractivity contribution in [1.29, 1.82) is 0 Å². The molecule has 1 atom stereocenters. The van der Waals surface area contributed by atoms with Crippen molar-refractivity contribution in [2.24, 2.45) is 5.92 Å². The van der Waals surface area contributed by atoms with Crippen LogP contribution in [0.2, 0.25) is 0 Å². The quantitative estimate of drug-likeness (QED) is 0.653. The number of carbonyl (C=O) groups is 1. The molecule has 1 aliphatic rings. The predicted octanol–water partition coefficient (Wildman–Crippen LogP) is 3.40. The zero-order valence-electron chi connectivity index (χ0n) is 17.4. The van der Waals surface area contributed by atoms with Gasteiger partial charge in [0.05, 0.1) is 18.5 Å². The Hall–Kier alpha value is -2.87. The topological polar surface area (TPSA) is 87.3 Å². The molecule has 1 aromatic carbocycles. The highest BCUT2D eigenvalue weighted by molar-refractivity contribution is 7.17. The highest BCUT2D eigenvalue weighted by Gasteiger charge is 2.28. The first kappa shape index (κ1) is 20.4. The number of ether oxygens (including phenoxy) is 1. The van der Waals surface area contributed by atoms with Crippen molar-refractivity contribution in [1.82, 2.24) is 15.3 Å². The van der Waals surface area contributed by atoms with Gasteiger partial charge in [0.1, 0.15) is 10.4 Å². The Morgan fingerprint density at radius 3 is 3.00 bits per heavy atom. The molecular weight excluding hydrogens is 400 g/mol. The Bertz CT molecular complexity index is 1120. The van der Waals surface area contributed by atoms with E-state index in [0.29, 0.717) is 22.7 Å². The number of aromatic amines is 1. The number of piperidine rings is 1. The molecule has 8 heteroatoms. The van der Waals surface area contributed by atoms with Crippen LogP contribution in [0, 0.1) is 5.92 Å². The monoisotopic (exact) mass is 426 g/mol. The van der Waals surface area contributed by atoms with Gasteiger partial charge in [0.25, 0.3) is 5.56 Å². The number of nitrogens with one attached hydrogen (secondary N) is 2. The number of amides is 1. The summed E-state index contributed by atoms with van der Waals surface area (Å²) in [7, 11) is 1.63. The summed E-state index contributed by atoms with van der Waals surface area (Å²) in [5.74, 6) is 1.23. The first-order chi connectivity index (χ1) is 14.5. The molecule has 2 aromatic heterocycles. The molecule has 30 heavy (non-hydrogen) atoms. The van der Waals surface area contributed by atoms with E-state index in [1.165, 1.54) is 11.3 Å². The highest BCUT2D eigenvalue weighted by Crippen LogP contribution is 2.33. The summed E-state index contributed by atoms with van der Waals surface area (Å²) >= 11 is 1.39. The molecule has 0 aliphatic carbocycles. The third-order valence-corrected chi connectivity index (χ3v) is 6.29. The van der Waals surface area contributed by atoms with Crippen molar-refractivity contribution in [3.8, 4) is 16.9 Å². The van der Waals surface area contributed by atoms with Crippen LogP contribution < -0.4 is 20.5 Å². The molecule has 0 radical (unpaired) electrons. The van der Waals surface area contributed by atoms with Crippen molar-refractivity contribution in [2.45, 2.75) is 32.7 Å². The smallest absolute Gasteiger partial charge is 0.270 e. The van der Waals surface area contributed by atoms with Crippen LogP contribution in [0.25, 0.3) is 21.3 Å². The number of aromatic nitrogens is 2. The maximum absolute atomic E-state index is 12.8. The van der Waals surface area contributed by atoms with Gasteiger partial charge in [-0.1, -0.05) is 12.1 Å². The van der Waals surface area contributed by atoms with E-state index in [4.69, 9.17) is 9.72 Å². The molecule has 1 fully saturated rings. The Morgan fingerprint density at radius 2 is 2.23 bits per heavy atom. The molecule has 158 valence electrons. The van der Waals surface area contributed by atoms with Crippen molar-refractivity contribution >= 4 is 33.4 Å². The number of carbonyl (C=O) groups excluding carboxylic acids is 1. The lowest BCUT2D eigenvalue weighted by molar-refractivity contribution is -0.125. The van der Waals surface area contributed by atoms with Crippen LogP contribution in [-0.4, -0.2) is 42.1 Å². The minimum absolute atomic E-state index is 0.0609. The van der Waals surface area contributed by atoms with E-state index in [9.17, 15) is 9.59 Å². The molecule has 0 bridgehead atoms. The second-order valence-electron chi connectivity index (χ2n) is 7.90. The minimum Gasteiger partial charge on any atom is -0.497 e. The molecular formula is C22H26N4O3S. The molecule has 1 amide bonds. The van der Waals surface area contributed by atoms with Gasteiger partial charge in [0.2, 0.25) is 11.9 Å². The van der Waals surface area contributed by atoms with Gasteiger partial charge in [-0.05, 0) is 44.4 Å². The lowest BCUT2D eigenvalue weighted by Gasteiger charge is -2.32. The van der Waals surface area contributed by atoms with Gasteiger partial charge in [-0.25, -0.2) is 4.98 Å². The molecule has 2 N–H and O–H groups in total. The van der Waals surface area contributed by atoms with E-state index in [1.807, 2.05) is 48.4 Å². The van der Waals surface area contributed by atoms with E-state index in [2.05, 4.69) is 10.3 Å². The summed E-state index contributed by atoms with van der Waals surface area (Å²) in [5, 5.41) is 4.95.